The van der Waals surface area contributed by atoms with E-state index in [0.717, 1.165) is 15.8 Å². The molecule has 0 bridgehead atoms. The SMILES string of the molecule is C[C@H](c1ccc(-n2cncn2)cc1)N(C)Cn1nc(C(F)(F)F)n(C)c1=S. The van der Waals surface area contributed by atoms with Crippen molar-refractivity contribution in [2.45, 2.75) is 25.8 Å². The average molecular weight is 397 g/mol. The topological polar surface area (TPSA) is 56.7 Å². The molecule has 3 rings (SSSR count). The Morgan fingerprint density at radius 3 is 2.41 bits per heavy atom. The summed E-state index contributed by atoms with van der Waals surface area (Å²) >= 11 is 5.09. The van der Waals surface area contributed by atoms with Crippen molar-refractivity contribution in [3.63, 3.8) is 0 Å². The van der Waals surface area contributed by atoms with E-state index in [1.807, 2.05) is 36.1 Å². The van der Waals surface area contributed by atoms with E-state index in [9.17, 15) is 13.2 Å². The summed E-state index contributed by atoms with van der Waals surface area (Å²) in [4.78, 5) is 5.78. The normalized spacial score (nSPS) is 13.3. The van der Waals surface area contributed by atoms with Crippen molar-refractivity contribution in [3.05, 3.63) is 53.1 Å². The molecule has 1 atom stereocenters. The molecule has 0 radical (unpaired) electrons. The Balaban J connectivity index is 1.76. The lowest BCUT2D eigenvalue weighted by atomic mass is 10.1. The standard InChI is InChI=1S/C16H18F3N7S/c1-11(12-4-6-13(7-5-12)25-9-20-8-21-25)23(2)10-26-15(27)24(3)14(22-26)16(17,18)19/h4-9,11H,10H2,1-3H3/t11-/m1/s1. The Bertz CT molecular complexity index is 958. The van der Waals surface area contributed by atoms with Crippen LogP contribution in [-0.4, -0.2) is 41.1 Å². The zero-order chi connectivity index (χ0) is 19.8. The van der Waals surface area contributed by atoms with E-state index in [1.54, 1.807) is 18.1 Å². The molecule has 2 aromatic heterocycles. The number of benzene rings is 1. The largest absolute Gasteiger partial charge is 0.451 e. The molecule has 144 valence electrons. The van der Waals surface area contributed by atoms with E-state index in [2.05, 4.69) is 15.2 Å². The Morgan fingerprint density at radius 1 is 1.22 bits per heavy atom. The summed E-state index contributed by atoms with van der Waals surface area (Å²) in [5.74, 6) is -1.01. The van der Waals surface area contributed by atoms with Crippen molar-refractivity contribution >= 4 is 12.2 Å². The van der Waals surface area contributed by atoms with Crippen molar-refractivity contribution in [2.75, 3.05) is 7.05 Å². The quantitative estimate of drug-likeness (QED) is 0.619. The lowest BCUT2D eigenvalue weighted by Gasteiger charge is -2.25. The zero-order valence-corrected chi connectivity index (χ0v) is 15.7. The van der Waals surface area contributed by atoms with E-state index in [4.69, 9.17) is 12.2 Å². The van der Waals surface area contributed by atoms with Crippen LogP contribution in [-0.2, 0) is 19.9 Å². The maximum Gasteiger partial charge on any atom is 0.451 e. The predicted octanol–water partition coefficient (Wildman–Crippen LogP) is 3.20. The molecule has 0 saturated heterocycles. The maximum atomic E-state index is 13.0. The van der Waals surface area contributed by atoms with E-state index >= 15 is 0 Å². The van der Waals surface area contributed by atoms with E-state index in [-0.39, 0.29) is 17.5 Å². The number of aromatic nitrogens is 6. The Hall–Kier alpha value is -2.53. The third-order valence-electron chi connectivity index (χ3n) is 4.37. The molecular weight excluding hydrogens is 379 g/mol. The number of halogens is 3. The van der Waals surface area contributed by atoms with E-state index in [0.29, 0.717) is 0 Å². The van der Waals surface area contributed by atoms with Crippen LogP contribution in [0.5, 0.6) is 0 Å². The number of hydrogen-bond acceptors (Lipinski definition) is 5. The fraction of sp³-hybridized carbons (Fsp3) is 0.375. The molecule has 0 aliphatic heterocycles. The minimum atomic E-state index is -4.55. The average Bonchev–Trinajstić information content (AvgIpc) is 3.25. The monoisotopic (exact) mass is 397 g/mol. The first-order chi connectivity index (χ1) is 12.7. The molecule has 0 aliphatic carbocycles. The van der Waals surface area contributed by atoms with Gasteiger partial charge in [-0.25, -0.2) is 14.3 Å². The summed E-state index contributed by atoms with van der Waals surface area (Å²) in [5.41, 5.74) is 1.87. The van der Waals surface area contributed by atoms with Gasteiger partial charge in [0, 0.05) is 13.1 Å². The minimum absolute atomic E-state index is 0.0166. The van der Waals surface area contributed by atoms with Crippen LogP contribution >= 0.6 is 12.2 Å². The van der Waals surface area contributed by atoms with Crippen LogP contribution in [0, 0.1) is 4.77 Å². The van der Waals surface area contributed by atoms with Gasteiger partial charge in [0.2, 0.25) is 5.82 Å². The van der Waals surface area contributed by atoms with Gasteiger partial charge in [0.15, 0.2) is 4.77 Å². The molecule has 3 aromatic rings. The minimum Gasteiger partial charge on any atom is -0.299 e. The summed E-state index contributed by atoms with van der Waals surface area (Å²) < 4.78 is 42.7. The molecule has 0 spiro atoms. The maximum absolute atomic E-state index is 13.0. The number of nitrogens with zero attached hydrogens (tertiary/aromatic N) is 7. The molecule has 0 unspecified atom stereocenters. The molecule has 2 heterocycles. The van der Waals surface area contributed by atoms with Gasteiger partial charge in [0.05, 0.1) is 12.4 Å². The molecule has 1 aromatic carbocycles. The van der Waals surface area contributed by atoms with Gasteiger partial charge in [-0.1, -0.05) is 12.1 Å². The van der Waals surface area contributed by atoms with Gasteiger partial charge in [0.1, 0.15) is 12.7 Å². The van der Waals surface area contributed by atoms with Gasteiger partial charge < -0.3 is 0 Å². The summed E-state index contributed by atoms with van der Waals surface area (Å²) in [6, 6.07) is 7.63. The Morgan fingerprint density at radius 2 is 1.89 bits per heavy atom. The van der Waals surface area contributed by atoms with Gasteiger partial charge >= 0.3 is 6.18 Å². The molecule has 0 saturated carbocycles. The molecule has 0 amide bonds. The van der Waals surface area contributed by atoms with Gasteiger partial charge in [0.25, 0.3) is 0 Å². The molecule has 7 nitrogen and oxygen atoms in total. The molecule has 27 heavy (non-hydrogen) atoms. The van der Waals surface area contributed by atoms with E-state index in [1.165, 1.54) is 18.1 Å². The van der Waals surface area contributed by atoms with Crippen molar-refractivity contribution in [3.8, 4) is 5.69 Å². The lowest BCUT2D eigenvalue weighted by Crippen LogP contribution is -2.26. The van der Waals surface area contributed by atoms with Crippen molar-refractivity contribution in [2.24, 2.45) is 7.05 Å². The van der Waals surface area contributed by atoms with Gasteiger partial charge in [-0.05, 0) is 43.9 Å². The number of hydrogen-bond donors (Lipinski definition) is 0. The van der Waals surface area contributed by atoms with Crippen LogP contribution in [0.4, 0.5) is 13.2 Å². The van der Waals surface area contributed by atoms with Crippen LogP contribution < -0.4 is 0 Å². The third kappa shape index (κ3) is 3.93. The van der Waals surface area contributed by atoms with Crippen LogP contribution in [0.3, 0.4) is 0 Å². The van der Waals surface area contributed by atoms with Crippen molar-refractivity contribution in [1.82, 2.24) is 34.0 Å². The fourth-order valence-corrected chi connectivity index (χ4v) is 2.85. The first-order valence-corrected chi connectivity index (χ1v) is 8.45. The van der Waals surface area contributed by atoms with Crippen LogP contribution in [0.1, 0.15) is 24.4 Å². The fourth-order valence-electron chi connectivity index (χ4n) is 2.66. The summed E-state index contributed by atoms with van der Waals surface area (Å²) in [6.45, 7) is 2.09. The number of alkyl halides is 3. The van der Waals surface area contributed by atoms with Gasteiger partial charge in [-0.3, -0.25) is 9.47 Å². The predicted molar refractivity (Wildman–Crippen MR) is 94.6 cm³/mol. The summed E-state index contributed by atoms with van der Waals surface area (Å²) in [6.07, 6.45) is -1.49. The van der Waals surface area contributed by atoms with Gasteiger partial charge in [-0.2, -0.15) is 18.3 Å². The number of rotatable bonds is 5. The summed E-state index contributed by atoms with van der Waals surface area (Å²) in [7, 11) is 3.07. The van der Waals surface area contributed by atoms with Crippen LogP contribution in [0.2, 0.25) is 0 Å². The highest BCUT2D eigenvalue weighted by atomic mass is 32.1. The summed E-state index contributed by atoms with van der Waals surface area (Å²) in [5, 5.41) is 7.70. The van der Waals surface area contributed by atoms with Crippen LogP contribution in [0.25, 0.3) is 5.69 Å². The smallest absolute Gasteiger partial charge is 0.299 e. The molecule has 0 fully saturated rings. The second kappa shape index (κ2) is 7.24. The highest BCUT2D eigenvalue weighted by Crippen LogP contribution is 2.28. The first kappa shape index (κ1) is 19.2. The highest BCUT2D eigenvalue weighted by molar-refractivity contribution is 7.71. The first-order valence-electron chi connectivity index (χ1n) is 8.04. The zero-order valence-electron chi connectivity index (χ0n) is 14.9. The van der Waals surface area contributed by atoms with Gasteiger partial charge in [-0.15, -0.1) is 5.10 Å². The third-order valence-corrected chi connectivity index (χ3v) is 4.86. The van der Waals surface area contributed by atoms with Crippen LogP contribution in [0.15, 0.2) is 36.9 Å². The van der Waals surface area contributed by atoms with Crippen molar-refractivity contribution < 1.29 is 13.2 Å². The lowest BCUT2D eigenvalue weighted by molar-refractivity contribution is -0.147. The highest BCUT2D eigenvalue weighted by Gasteiger charge is 2.37. The second-order valence-corrected chi connectivity index (χ2v) is 6.53. The van der Waals surface area contributed by atoms with Crippen molar-refractivity contribution in [1.29, 1.82) is 0 Å². The Kier molecular flexibility index (Phi) is 5.16. The molecule has 0 N–H and O–H groups in total. The molecule has 0 aliphatic rings. The molecular formula is C16H18F3N7S. The second-order valence-electron chi connectivity index (χ2n) is 6.17. The van der Waals surface area contributed by atoms with E-state index < -0.39 is 12.0 Å². The molecule has 11 heteroatoms. The Labute approximate surface area is 158 Å².